The van der Waals surface area contributed by atoms with Crippen molar-refractivity contribution < 1.29 is 4.79 Å². The molecule has 18 heavy (non-hydrogen) atoms. The number of urea groups is 1. The summed E-state index contributed by atoms with van der Waals surface area (Å²) >= 11 is 0. The molecule has 4 heteroatoms. The van der Waals surface area contributed by atoms with Crippen LogP contribution in [-0.2, 0) is 0 Å². The van der Waals surface area contributed by atoms with Crippen molar-refractivity contribution >= 4 is 11.7 Å². The first-order valence-electron chi connectivity index (χ1n) is 6.54. The van der Waals surface area contributed by atoms with Crippen molar-refractivity contribution in [2.24, 2.45) is 0 Å². The van der Waals surface area contributed by atoms with Crippen LogP contribution in [0, 0.1) is 0 Å². The smallest absolute Gasteiger partial charge is 0.317 e. The van der Waals surface area contributed by atoms with Gasteiger partial charge in [0, 0.05) is 38.3 Å². The number of nitrogens with zero attached hydrogens (tertiary/aromatic N) is 1. The Bertz CT molecular complexity index is 419. The van der Waals surface area contributed by atoms with E-state index in [0.29, 0.717) is 5.92 Å². The Balaban J connectivity index is 1.81. The van der Waals surface area contributed by atoms with Crippen LogP contribution in [0.2, 0.25) is 0 Å². The molecule has 2 amide bonds. The van der Waals surface area contributed by atoms with Crippen molar-refractivity contribution in [2.75, 3.05) is 32.0 Å². The van der Waals surface area contributed by atoms with Crippen molar-refractivity contribution in [1.82, 2.24) is 10.2 Å². The summed E-state index contributed by atoms with van der Waals surface area (Å²) in [5.41, 5.74) is 2.61. The Morgan fingerprint density at radius 2 is 2.28 bits per heavy atom. The summed E-state index contributed by atoms with van der Waals surface area (Å²) < 4.78 is 0. The predicted octanol–water partition coefficient (Wildman–Crippen LogP) is 2.25. The van der Waals surface area contributed by atoms with E-state index in [1.807, 2.05) is 20.0 Å². The Hall–Kier alpha value is -1.71. The molecule has 0 aromatic heterocycles. The molecule has 0 aliphatic carbocycles. The highest BCUT2D eigenvalue weighted by Gasteiger charge is 2.21. The first kappa shape index (κ1) is 12.7. The molecular formula is C14H21N3O. The maximum atomic E-state index is 11.6. The topological polar surface area (TPSA) is 44.4 Å². The highest BCUT2D eigenvalue weighted by molar-refractivity contribution is 5.73. The van der Waals surface area contributed by atoms with Gasteiger partial charge in [0.25, 0.3) is 0 Å². The van der Waals surface area contributed by atoms with Gasteiger partial charge in [-0.05, 0) is 25.0 Å². The molecule has 2 N–H and O–H groups in total. The van der Waals surface area contributed by atoms with Gasteiger partial charge in [-0.1, -0.05) is 18.2 Å². The van der Waals surface area contributed by atoms with Crippen molar-refractivity contribution in [3.8, 4) is 0 Å². The Labute approximate surface area is 108 Å². The van der Waals surface area contributed by atoms with Crippen LogP contribution < -0.4 is 10.6 Å². The lowest BCUT2D eigenvalue weighted by molar-refractivity contribution is 0.211. The SMILES string of the molecule is CCN(C)C(=O)NCCC1CNc2ccccc21. The van der Waals surface area contributed by atoms with Gasteiger partial charge < -0.3 is 15.5 Å². The Morgan fingerprint density at radius 3 is 3.06 bits per heavy atom. The van der Waals surface area contributed by atoms with E-state index < -0.39 is 0 Å². The zero-order valence-electron chi connectivity index (χ0n) is 11.1. The van der Waals surface area contributed by atoms with Gasteiger partial charge in [0.1, 0.15) is 0 Å². The number of rotatable bonds is 4. The van der Waals surface area contributed by atoms with Crippen LogP contribution in [0.5, 0.6) is 0 Å². The number of carbonyl (C=O) groups is 1. The van der Waals surface area contributed by atoms with Crippen molar-refractivity contribution in [3.63, 3.8) is 0 Å². The third-order valence-electron chi connectivity index (χ3n) is 3.53. The number of benzene rings is 1. The zero-order chi connectivity index (χ0) is 13.0. The van der Waals surface area contributed by atoms with E-state index >= 15 is 0 Å². The lowest BCUT2D eigenvalue weighted by atomic mass is 9.98. The summed E-state index contributed by atoms with van der Waals surface area (Å²) in [7, 11) is 1.81. The average Bonchev–Trinajstić information content (AvgIpc) is 2.81. The molecule has 0 spiro atoms. The van der Waals surface area contributed by atoms with Crippen LogP contribution in [0.4, 0.5) is 10.5 Å². The summed E-state index contributed by atoms with van der Waals surface area (Å²) in [5.74, 6) is 0.508. The van der Waals surface area contributed by atoms with Gasteiger partial charge in [-0.2, -0.15) is 0 Å². The second-order valence-electron chi connectivity index (χ2n) is 4.70. The standard InChI is InChI=1S/C14H21N3O/c1-3-17(2)14(18)15-9-8-11-10-16-13-7-5-4-6-12(11)13/h4-7,11,16H,3,8-10H2,1-2H3,(H,15,18). The molecule has 1 unspecified atom stereocenters. The highest BCUT2D eigenvalue weighted by atomic mass is 16.2. The van der Waals surface area contributed by atoms with Gasteiger partial charge in [-0.15, -0.1) is 0 Å². The van der Waals surface area contributed by atoms with Crippen molar-refractivity contribution in [2.45, 2.75) is 19.3 Å². The van der Waals surface area contributed by atoms with Gasteiger partial charge >= 0.3 is 6.03 Å². The fourth-order valence-electron chi connectivity index (χ4n) is 2.25. The van der Waals surface area contributed by atoms with E-state index in [-0.39, 0.29) is 6.03 Å². The zero-order valence-corrected chi connectivity index (χ0v) is 11.1. The normalized spacial score (nSPS) is 16.9. The van der Waals surface area contributed by atoms with Crippen LogP contribution in [0.3, 0.4) is 0 Å². The molecule has 0 saturated carbocycles. The lowest BCUT2D eigenvalue weighted by Gasteiger charge is -2.16. The first-order valence-corrected chi connectivity index (χ1v) is 6.54. The van der Waals surface area contributed by atoms with E-state index in [2.05, 4.69) is 28.8 Å². The monoisotopic (exact) mass is 247 g/mol. The molecule has 1 aliphatic heterocycles. The first-order chi connectivity index (χ1) is 8.72. The van der Waals surface area contributed by atoms with Crippen molar-refractivity contribution in [3.05, 3.63) is 29.8 Å². The van der Waals surface area contributed by atoms with E-state index in [1.165, 1.54) is 11.3 Å². The largest absolute Gasteiger partial charge is 0.384 e. The summed E-state index contributed by atoms with van der Waals surface area (Å²) in [6.45, 7) is 4.40. The molecule has 1 aromatic carbocycles. The maximum Gasteiger partial charge on any atom is 0.317 e. The third kappa shape index (κ3) is 2.75. The number of hydrogen-bond acceptors (Lipinski definition) is 2. The molecule has 0 radical (unpaired) electrons. The fraction of sp³-hybridized carbons (Fsp3) is 0.500. The molecule has 1 heterocycles. The number of amides is 2. The van der Waals surface area contributed by atoms with Crippen LogP contribution in [0.15, 0.2) is 24.3 Å². The summed E-state index contributed by atoms with van der Waals surface area (Å²) in [5, 5.41) is 6.35. The number of anilines is 1. The summed E-state index contributed by atoms with van der Waals surface area (Å²) in [6.07, 6.45) is 0.979. The Kier molecular flexibility index (Phi) is 4.07. The molecule has 0 fully saturated rings. The number of para-hydroxylation sites is 1. The molecule has 1 aromatic rings. The number of carbonyl (C=O) groups excluding carboxylic acids is 1. The van der Waals surface area contributed by atoms with Gasteiger partial charge in [0.05, 0.1) is 0 Å². The Morgan fingerprint density at radius 1 is 1.50 bits per heavy atom. The van der Waals surface area contributed by atoms with Gasteiger partial charge in [0.2, 0.25) is 0 Å². The molecule has 0 bridgehead atoms. The van der Waals surface area contributed by atoms with Crippen LogP contribution in [0.1, 0.15) is 24.8 Å². The van der Waals surface area contributed by atoms with E-state index in [1.54, 1.807) is 4.90 Å². The quantitative estimate of drug-likeness (QED) is 0.857. The number of nitrogens with one attached hydrogen (secondary N) is 2. The summed E-state index contributed by atoms with van der Waals surface area (Å²) in [4.78, 5) is 13.3. The van der Waals surface area contributed by atoms with E-state index in [4.69, 9.17) is 0 Å². The van der Waals surface area contributed by atoms with Gasteiger partial charge in [-0.25, -0.2) is 4.79 Å². The number of hydrogen-bond donors (Lipinski definition) is 2. The molecule has 0 saturated heterocycles. The van der Waals surface area contributed by atoms with E-state index in [0.717, 1.165) is 26.1 Å². The second-order valence-corrected chi connectivity index (χ2v) is 4.70. The minimum atomic E-state index is 0.0109. The molecule has 2 rings (SSSR count). The van der Waals surface area contributed by atoms with Gasteiger partial charge in [0.15, 0.2) is 0 Å². The minimum Gasteiger partial charge on any atom is -0.384 e. The molecule has 1 aliphatic rings. The van der Waals surface area contributed by atoms with Crippen LogP contribution in [0.25, 0.3) is 0 Å². The number of fused-ring (bicyclic) bond motifs is 1. The minimum absolute atomic E-state index is 0.0109. The molecule has 98 valence electrons. The second kappa shape index (κ2) is 5.76. The maximum absolute atomic E-state index is 11.6. The molecular weight excluding hydrogens is 226 g/mol. The molecule has 4 nitrogen and oxygen atoms in total. The fourth-order valence-corrected chi connectivity index (χ4v) is 2.25. The van der Waals surface area contributed by atoms with Crippen LogP contribution >= 0.6 is 0 Å². The van der Waals surface area contributed by atoms with Gasteiger partial charge in [-0.3, -0.25) is 0 Å². The third-order valence-corrected chi connectivity index (χ3v) is 3.53. The summed E-state index contributed by atoms with van der Waals surface area (Å²) in [6, 6.07) is 8.41. The van der Waals surface area contributed by atoms with Crippen molar-refractivity contribution in [1.29, 1.82) is 0 Å². The predicted molar refractivity (Wildman–Crippen MR) is 74.0 cm³/mol. The molecule has 1 atom stereocenters. The highest BCUT2D eigenvalue weighted by Crippen LogP contribution is 2.32. The van der Waals surface area contributed by atoms with E-state index in [9.17, 15) is 4.79 Å². The lowest BCUT2D eigenvalue weighted by Crippen LogP contribution is -2.37. The van der Waals surface area contributed by atoms with Crippen LogP contribution in [-0.4, -0.2) is 37.6 Å². The average molecular weight is 247 g/mol.